The van der Waals surface area contributed by atoms with Gasteiger partial charge >= 0.3 is 0 Å². The van der Waals surface area contributed by atoms with E-state index in [1.807, 2.05) is 32.4 Å². The quantitative estimate of drug-likeness (QED) is 0.799. The molecule has 0 radical (unpaired) electrons. The van der Waals surface area contributed by atoms with Gasteiger partial charge < -0.3 is 0 Å². The molecule has 0 saturated carbocycles. The zero-order valence-corrected chi connectivity index (χ0v) is 13.9. The summed E-state index contributed by atoms with van der Waals surface area (Å²) in [6.45, 7) is 12.6. The van der Waals surface area contributed by atoms with Crippen LogP contribution in [0.4, 0.5) is 0 Å². The maximum absolute atomic E-state index is 12.7. The van der Waals surface area contributed by atoms with Gasteiger partial charge in [-0.25, -0.2) is 0 Å². The van der Waals surface area contributed by atoms with Crippen LogP contribution in [-0.4, -0.2) is 15.6 Å². The van der Waals surface area contributed by atoms with Crippen LogP contribution >= 0.6 is 0 Å². The summed E-state index contributed by atoms with van der Waals surface area (Å²) in [7, 11) is 0. The molecule has 2 aromatic rings. The summed E-state index contributed by atoms with van der Waals surface area (Å²) < 4.78 is 1.84. The second-order valence-electron chi connectivity index (χ2n) is 5.86. The number of nitrogens with zero attached hydrogens (tertiary/aromatic N) is 2. The van der Waals surface area contributed by atoms with Gasteiger partial charge in [-0.3, -0.25) is 9.48 Å². The number of aryl methyl sites for hydroxylation is 4. The normalized spacial score (nSPS) is 11.0. The lowest BCUT2D eigenvalue weighted by atomic mass is 9.96. The molecule has 0 atom stereocenters. The fourth-order valence-electron chi connectivity index (χ4n) is 3.23. The predicted molar refractivity (Wildman–Crippen MR) is 86.1 cm³/mol. The van der Waals surface area contributed by atoms with Gasteiger partial charge in [-0.1, -0.05) is 24.6 Å². The molecule has 0 fully saturated rings. The summed E-state index contributed by atoms with van der Waals surface area (Å²) in [6.07, 6.45) is 0.953. The van der Waals surface area contributed by atoms with Crippen molar-refractivity contribution < 1.29 is 4.79 Å². The van der Waals surface area contributed by atoms with E-state index in [2.05, 4.69) is 31.1 Å². The highest BCUT2D eigenvalue weighted by molar-refractivity contribution is 5.98. The third kappa shape index (κ3) is 2.92. The minimum Gasteiger partial charge on any atom is -0.292 e. The number of aromatic nitrogens is 2. The Morgan fingerprint density at radius 3 is 2.14 bits per heavy atom. The highest BCUT2D eigenvalue weighted by Gasteiger charge is 2.17. The first-order valence-electron chi connectivity index (χ1n) is 7.49. The number of carbonyl (C=O) groups excluding carboxylic acids is 1. The Morgan fingerprint density at radius 2 is 1.67 bits per heavy atom. The van der Waals surface area contributed by atoms with Gasteiger partial charge in [0.25, 0.3) is 0 Å². The molecule has 1 aromatic carbocycles. The van der Waals surface area contributed by atoms with Crippen LogP contribution in [-0.2, 0) is 13.0 Å². The molecule has 0 bridgehead atoms. The van der Waals surface area contributed by atoms with Crippen molar-refractivity contribution >= 4 is 5.78 Å². The first-order valence-corrected chi connectivity index (χ1v) is 7.49. The third-order valence-corrected chi connectivity index (χ3v) is 4.13. The van der Waals surface area contributed by atoms with Crippen LogP contribution in [0.15, 0.2) is 12.1 Å². The molecule has 0 unspecified atom stereocenters. The molecule has 3 nitrogen and oxygen atoms in total. The highest BCUT2D eigenvalue weighted by atomic mass is 16.1. The van der Waals surface area contributed by atoms with E-state index in [1.165, 1.54) is 11.1 Å². The first-order chi connectivity index (χ1) is 9.85. The van der Waals surface area contributed by atoms with Crippen molar-refractivity contribution in [1.82, 2.24) is 9.78 Å². The van der Waals surface area contributed by atoms with Gasteiger partial charge in [0.05, 0.1) is 5.69 Å². The summed E-state index contributed by atoms with van der Waals surface area (Å²) >= 11 is 0. The van der Waals surface area contributed by atoms with Gasteiger partial charge in [0.15, 0.2) is 5.78 Å². The van der Waals surface area contributed by atoms with E-state index in [1.54, 1.807) is 0 Å². The molecule has 0 amide bonds. The van der Waals surface area contributed by atoms with Crippen LogP contribution in [0.5, 0.6) is 0 Å². The Kier molecular flexibility index (Phi) is 4.31. The SMILES string of the molecule is CCc1c(C)nn(CC(=O)c2c(C)cc(C)cc2C)c1C. The standard InChI is InChI=1S/C18H24N2O/c1-7-16-14(5)19-20(15(16)6)10-17(21)18-12(3)8-11(2)9-13(18)4/h8-9H,7,10H2,1-6H3. The lowest BCUT2D eigenvalue weighted by Gasteiger charge is -2.11. The second-order valence-corrected chi connectivity index (χ2v) is 5.86. The number of carbonyl (C=O) groups is 1. The van der Waals surface area contributed by atoms with Crippen molar-refractivity contribution in [3.8, 4) is 0 Å². The van der Waals surface area contributed by atoms with Crippen molar-refractivity contribution in [3.63, 3.8) is 0 Å². The molecule has 1 aromatic heterocycles. The minimum atomic E-state index is 0.137. The van der Waals surface area contributed by atoms with E-state index in [-0.39, 0.29) is 5.78 Å². The van der Waals surface area contributed by atoms with E-state index in [0.29, 0.717) is 6.54 Å². The molecule has 3 heteroatoms. The van der Waals surface area contributed by atoms with Crippen molar-refractivity contribution in [2.75, 3.05) is 0 Å². The van der Waals surface area contributed by atoms with Gasteiger partial charge in [0.2, 0.25) is 0 Å². The molecule has 0 aliphatic rings. The van der Waals surface area contributed by atoms with Crippen molar-refractivity contribution in [3.05, 3.63) is 51.3 Å². The van der Waals surface area contributed by atoms with Gasteiger partial charge in [0.1, 0.15) is 6.54 Å². The number of ketones is 1. The van der Waals surface area contributed by atoms with Crippen LogP contribution < -0.4 is 0 Å². The van der Waals surface area contributed by atoms with E-state index < -0.39 is 0 Å². The zero-order chi connectivity index (χ0) is 15.7. The molecule has 0 saturated heterocycles. The van der Waals surface area contributed by atoms with Crippen LogP contribution in [0.2, 0.25) is 0 Å². The van der Waals surface area contributed by atoms with E-state index in [4.69, 9.17) is 0 Å². The van der Waals surface area contributed by atoms with Gasteiger partial charge in [-0.2, -0.15) is 5.10 Å². The maximum atomic E-state index is 12.7. The molecule has 112 valence electrons. The molecule has 1 heterocycles. The summed E-state index contributed by atoms with van der Waals surface area (Å²) in [6, 6.07) is 4.14. The topological polar surface area (TPSA) is 34.9 Å². The van der Waals surface area contributed by atoms with Crippen LogP contribution in [0.1, 0.15) is 50.9 Å². The fourth-order valence-corrected chi connectivity index (χ4v) is 3.23. The van der Waals surface area contributed by atoms with Crippen LogP contribution in [0.3, 0.4) is 0 Å². The first kappa shape index (κ1) is 15.5. The molecular weight excluding hydrogens is 260 g/mol. The van der Waals surface area contributed by atoms with E-state index >= 15 is 0 Å². The Morgan fingerprint density at radius 1 is 1.10 bits per heavy atom. The monoisotopic (exact) mass is 284 g/mol. The zero-order valence-electron chi connectivity index (χ0n) is 13.9. The number of hydrogen-bond donors (Lipinski definition) is 0. The lowest BCUT2D eigenvalue weighted by Crippen LogP contribution is -2.15. The number of hydrogen-bond acceptors (Lipinski definition) is 2. The molecule has 0 spiro atoms. The van der Waals surface area contributed by atoms with Gasteiger partial charge in [-0.15, -0.1) is 0 Å². The van der Waals surface area contributed by atoms with Crippen molar-refractivity contribution in [2.45, 2.75) is 54.5 Å². The molecule has 0 aliphatic carbocycles. The molecule has 2 rings (SSSR count). The average Bonchev–Trinajstić information content (AvgIpc) is 2.62. The van der Waals surface area contributed by atoms with Crippen molar-refractivity contribution in [2.24, 2.45) is 0 Å². The van der Waals surface area contributed by atoms with Gasteiger partial charge in [-0.05, 0) is 57.7 Å². The summed E-state index contributed by atoms with van der Waals surface area (Å²) in [4.78, 5) is 12.7. The summed E-state index contributed by atoms with van der Waals surface area (Å²) in [5.74, 6) is 0.137. The van der Waals surface area contributed by atoms with E-state index in [0.717, 1.165) is 34.5 Å². The average molecular weight is 284 g/mol. The van der Waals surface area contributed by atoms with Crippen LogP contribution in [0.25, 0.3) is 0 Å². The van der Waals surface area contributed by atoms with Crippen molar-refractivity contribution in [1.29, 1.82) is 0 Å². The third-order valence-electron chi connectivity index (χ3n) is 4.13. The number of benzene rings is 1. The minimum absolute atomic E-state index is 0.137. The molecular formula is C18H24N2O. The summed E-state index contributed by atoms with van der Waals surface area (Å²) in [5.41, 5.74) is 7.52. The predicted octanol–water partition coefficient (Wildman–Crippen LogP) is 3.87. The number of Topliss-reactive ketones (excluding diaryl/α,β-unsaturated/α-hetero) is 1. The van der Waals surface area contributed by atoms with Crippen LogP contribution in [0, 0.1) is 34.6 Å². The molecule has 21 heavy (non-hydrogen) atoms. The Hall–Kier alpha value is -1.90. The van der Waals surface area contributed by atoms with E-state index in [9.17, 15) is 4.79 Å². The Balaban J connectivity index is 2.35. The highest BCUT2D eigenvalue weighted by Crippen LogP contribution is 2.19. The lowest BCUT2D eigenvalue weighted by molar-refractivity contribution is 0.0965. The Labute approximate surface area is 127 Å². The largest absolute Gasteiger partial charge is 0.292 e. The fraction of sp³-hybridized carbons (Fsp3) is 0.444. The summed E-state index contributed by atoms with van der Waals surface area (Å²) in [5, 5.41) is 4.52. The Bertz CT molecular complexity index is 672. The smallest absolute Gasteiger partial charge is 0.184 e. The molecule has 0 N–H and O–H groups in total. The number of rotatable bonds is 4. The second kappa shape index (κ2) is 5.84. The van der Waals surface area contributed by atoms with Gasteiger partial charge in [0, 0.05) is 11.3 Å². The molecule has 0 aliphatic heterocycles. The maximum Gasteiger partial charge on any atom is 0.184 e.